The normalized spacial score (nSPS) is 31.6. The molecular weight excluding hydrogens is 416 g/mol. The molecule has 1 heterocycles. The van der Waals surface area contributed by atoms with Gasteiger partial charge in [-0.1, -0.05) is 35.9 Å². The van der Waals surface area contributed by atoms with Gasteiger partial charge in [0, 0.05) is 23.1 Å². The average molecular weight is 445 g/mol. The van der Waals surface area contributed by atoms with Crippen LogP contribution in [-0.4, -0.2) is 35.4 Å². The van der Waals surface area contributed by atoms with E-state index in [-0.39, 0.29) is 17.9 Å². The van der Waals surface area contributed by atoms with Crippen molar-refractivity contribution in [3.05, 3.63) is 65.2 Å². The number of hydrogen-bond donors (Lipinski definition) is 1. The Labute approximate surface area is 188 Å². The third-order valence-electron chi connectivity index (χ3n) is 5.68. The number of allylic oxidation sites excluding steroid dienone is 2. The molecule has 166 valence electrons. The molecule has 5 atom stereocenters. The Morgan fingerprint density at radius 2 is 2.13 bits per heavy atom. The van der Waals surface area contributed by atoms with Crippen LogP contribution in [0.3, 0.4) is 0 Å². The lowest BCUT2D eigenvalue weighted by Crippen LogP contribution is -2.27. The molecule has 0 aromatic heterocycles. The molecule has 1 aromatic carbocycles. The summed E-state index contributed by atoms with van der Waals surface area (Å²) in [5, 5.41) is 10.8. The van der Waals surface area contributed by atoms with Crippen LogP contribution in [0, 0.1) is 11.8 Å². The zero-order chi connectivity index (χ0) is 22.2. The van der Waals surface area contributed by atoms with Crippen molar-refractivity contribution in [2.24, 2.45) is 11.8 Å². The van der Waals surface area contributed by atoms with Gasteiger partial charge in [0.15, 0.2) is 0 Å². The molecule has 1 aliphatic heterocycles. The number of carbonyl (C=O) groups is 2. The van der Waals surface area contributed by atoms with E-state index >= 15 is 0 Å². The van der Waals surface area contributed by atoms with Crippen LogP contribution < -0.4 is 0 Å². The standard InChI is InChI=1S/C25H29ClO5/c1-17-6-3-2-4-8-19-15-21(27)16-22(19)23(11-13-24(28)30-17)31-25(29)12-10-18-7-5-9-20(26)14-18/h4-5,7-14,17,19,21-23,27H,2-3,6,15-16H2,1H3/b8-4+,12-10+,13-11+/t17-,19+,21-,22+,23+/m0/s1. The Morgan fingerprint density at radius 3 is 2.94 bits per heavy atom. The van der Waals surface area contributed by atoms with Crippen molar-refractivity contribution >= 4 is 29.6 Å². The first-order valence-electron chi connectivity index (χ1n) is 10.8. The molecule has 0 spiro atoms. The first kappa shape index (κ1) is 23.3. The van der Waals surface area contributed by atoms with Crippen LogP contribution in [-0.2, 0) is 19.1 Å². The van der Waals surface area contributed by atoms with E-state index in [4.69, 9.17) is 21.1 Å². The molecule has 0 radical (unpaired) electrons. The van der Waals surface area contributed by atoms with E-state index in [9.17, 15) is 14.7 Å². The van der Waals surface area contributed by atoms with E-state index in [0.717, 1.165) is 24.8 Å². The lowest BCUT2D eigenvalue weighted by molar-refractivity contribution is -0.145. The number of fused-ring (bicyclic) bond motifs is 1. The van der Waals surface area contributed by atoms with Crippen LogP contribution in [0.4, 0.5) is 0 Å². The predicted molar refractivity (Wildman–Crippen MR) is 120 cm³/mol. The van der Waals surface area contributed by atoms with Gasteiger partial charge in [0.2, 0.25) is 0 Å². The Kier molecular flexibility index (Phi) is 8.50. The number of halogens is 1. The molecule has 6 heteroatoms. The topological polar surface area (TPSA) is 72.8 Å². The molecule has 3 rings (SSSR count). The molecule has 0 saturated heterocycles. The predicted octanol–water partition coefficient (Wildman–Crippen LogP) is 4.88. The number of aliphatic hydroxyl groups excluding tert-OH is 1. The highest BCUT2D eigenvalue weighted by Gasteiger charge is 2.38. The third-order valence-corrected chi connectivity index (χ3v) is 5.91. The van der Waals surface area contributed by atoms with Gasteiger partial charge in [-0.3, -0.25) is 0 Å². The molecule has 5 nitrogen and oxygen atoms in total. The number of ether oxygens (including phenoxy) is 2. The van der Waals surface area contributed by atoms with Crippen molar-refractivity contribution in [2.75, 3.05) is 0 Å². The summed E-state index contributed by atoms with van der Waals surface area (Å²) in [6.07, 6.45) is 12.5. The summed E-state index contributed by atoms with van der Waals surface area (Å²) in [7, 11) is 0. The summed E-state index contributed by atoms with van der Waals surface area (Å²) < 4.78 is 11.1. The Balaban J connectivity index is 1.78. The van der Waals surface area contributed by atoms with Crippen molar-refractivity contribution in [2.45, 2.75) is 57.3 Å². The number of aliphatic hydroxyl groups is 1. The van der Waals surface area contributed by atoms with Crippen LogP contribution in [0.1, 0.15) is 44.6 Å². The van der Waals surface area contributed by atoms with Gasteiger partial charge in [-0.05, 0) is 74.8 Å². The van der Waals surface area contributed by atoms with E-state index in [1.165, 1.54) is 12.2 Å². The maximum absolute atomic E-state index is 12.5. The van der Waals surface area contributed by atoms with Crippen LogP contribution >= 0.6 is 11.6 Å². The number of hydrogen-bond acceptors (Lipinski definition) is 5. The first-order valence-corrected chi connectivity index (χ1v) is 11.2. The Morgan fingerprint density at radius 1 is 1.29 bits per heavy atom. The van der Waals surface area contributed by atoms with Gasteiger partial charge in [0.1, 0.15) is 6.10 Å². The molecule has 2 aliphatic rings. The SMILES string of the molecule is C[C@H]1CCC/C=C/[C@@H]2C[C@H](O)C[C@H]2[C@H](OC(=O)/C=C/c2cccc(Cl)c2)/C=C/C(=O)O1. The average Bonchev–Trinajstić information content (AvgIpc) is 3.09. The second-order valence-corrected chi connectivity index (χ2v) is 8.64. The minimum absolute atomic E-state index is 0.0727. The fraction of sp³-hybridized carbons (Fsp3) is 0.440. The maximum atomic E-state index is 12.5. The molecular formula is C25H29ClO5. The maximum Gasteiger partial charge on any atom is 0.331 e. The van der Waals surface area contributed by atoms with Gasteiger partial charge in [-0.2, -0.15) is 0 Å². The fourth-order valence-electron chi connectivity index (χ4n) is 4.15. The van der Waals surface area contributed by atoms with Gasteiger partial charge in [0.25, 0.3) is 0 Å². The van der Waals surface area contributed by atoms with Crippen molar-refractivity contribution in [1.82, 2.24) is 0 Å². The van der Waals surface area contributed by atoms with E-state index in [1.54, 1.807) is 30.4 Å². The van der Waals surface area contributed by atoms with Gasteiger partial charge >= 0.3 is 11.9 Å². The second-order valence-electron chi connectivity index (χ2n) is 8.21. The minimum atomic E-state index is -0.646. The fourth-order valence-corrected chi connectivity index (χ4v) is 4.35. The quantitative estimate of drug-likeness (QED) is 0.408. The largest absolute Gasteiger partial charge is 0.460 e. The zero-order valence-corrected chi connectivity index (χ0v) is 18.4. The Hall–Kier alpha value is -2.37. The molecule has 1 fully saturated rings. The van der Waals surface area contributed by atoms with Gasteiger partial charge in [0.05, 0.1) is 12.2 Å². The number of rotatable bonds is 3. The van der Waals surface area contributed by atoms with E-state index in [0.29, 0.717) is 17.9 Å². The monoisotopic (exact) mass is 444 g/mol. The van der Waals surface area contributed by atoms with E-state index in [2.05, 4.69) is 12.2 Å². The van der Waals surface area contributed by atoms with E-state index in [1.807, 2.05) is 13.0 Å². The number of carbonyl (C=O) groups excluding carboxylic acids is 2. The van der Waals surface area contributed by atoms with Gasteiger partial charge in [-0.15, -0.1) is 0 Å². The summed E-state index contributed by atoms with van der Waals surface area (Å²) >= 11 is 5.98. The molecule has 1 saturated carbocycles. The molecule has 1 N–H and O–H groups in total. The number of benzene rings is 1. The highest BCUT2D eigenvalue weighted by atomic mass is 35.5. The number of esters is 2. The van der Waals surface area contributed by atoms with Crippen LogP contribution in [0.2, 0.25) is 5.02 Å². The van der Waals surface area contributed by atoms with Crippen molar-refractivity contribution in [3.8, 4) is 0 Å². The summed E-state index contributed by atoms with van der Waals surface area (Å²) in [5.74, 6) is -1.02. The summed E-state index contributed by atoms with van der Waals surface area (Å²) in [6, 6.07) is 7.14. The van der Waals surface area contributed by atoms with Crippen molar-refractivity contribution in [3.63, 3.8) is 0 Å². The van der Waals surface area contributed by atoms with Crippen molar-refractivity contribution in [1.29, 1.82) is 0 Å². The smallest absolute Gasteiger partial charge is 0.331 e. The number of cyclic esters (lactones) is 1. The lowest BCUT2D eigenvalue weighted by Gasteiger charge is -2.24. The van der Waals surface area contributed by atoms with Gasteiger partial charge in [-0.25, -0.2) is 9.59 Å². The molecule has 0 unspecified atom stereocenters. The molecule has 0 bridgehead atoms. The Bertz CT molecular complexity index is 859. The van der Waals surface area contributed by atoms with E-state index < -0.39 is 24.1 Å². The molecule has 1 aromatic rings. The first-order chi connectivity index (χ1) is 14.9. The third kappa shape index (κ3) is 7.37. The van der Waals surface area contributed by atoms with Crippen LogP contribution in [0.25, 0.3) is 6.08 Å². The highest BCUT2D eigenvalue weighted by molar-refractivity contribution is 6.30. The van der Waals surface area contributed by atoms with Crippen LogP contribution in [0.5, 0.6) is 0 Å². The molecule has 1 aliphatic carbocycles. The van der Waals surface area contributed by atoms with Crippen molar-refractivity contribution < 1.29 is 24.2 Å². The summed E-state index contributed by atoms with van der Waals surface area (Å²) in [5.41, 5.74) is 0.782. The van der Waals surface area contributed by atoms with Crippen LogP contribution in [0.15, 0.2) is 54.6 Å². The summed E-state index contributed by atoms with van der Waals surface area (Å²) in [4.78, 5) is 24.7. The van der Waals surface area contributed by atoms with Gasteiger partial charge < -0.3 is 14.6 Å². The summed E-state index contributed by atoms with van der Waals surface area (Å²) in [6.45, 7) is 1.87. The lowest BCUT2D eigenvalue weighted by atomic mass is 9.89. The second kappa shape index (κ2) is 11.3. The zero-order valence-electron chi connectivity index (χ0n) is 17.7. The molecule has 0 amide bonds. The molecule has 31 heavy (non-hydrogen) atoms. The minimum Gasteiger partial charge on any atom is -0.460 e. The highest BCUT2D eigenvalue weighted by Crippen LogP contribution is 2.37.